The minimum Gasteiger partial charge on any atom is -0.490 e. The van der Waals surface area contributed by atoms with Gasteiger partial charge in [-0.2, -0.15) is 0 Å². The van der Waals surface area contributed by atoms with Gasteiger partial charge < -0.3 is 10.1 Å². The maximum Gasteiger partial charge on any atom is 0.333 e. The van der Waals surface area contributed by atoms with Crippen molar-refractivity contribution in [3.63, 3.8) is 0 Å². The van der Waals surface area contributed by atoms with Crippen LogP contribution in [-0.2, 0) is 0 Å². The molecule has 108 valence electrons. The summed E-state index contributed by atoms with van der Waals surface area (Å²) < 4.78 is 5.08. The van der Waals surface area contributed by atoms with Crippen LogP contribution in [0.15, 0.2) is 48.5 Å². The van der Waals surface area contributed by atoms with Crippen LogP contribution in [0.25, 0.3) is 0 Å². The third kappa shape index (κ3) is 2.67. The van der Waals surface area contributed by atoms with E-state index in [2.05, 4.69) is 17.4 Å². The van der Waals surface area contributed by atoms with E-state index in [0.29, 0.717) is 11.6 Å². The Morgan fingerprint density at radius 3 is 2.62 bits per heavy atom. The number of ether oxygens (including phenoxy) is 1. The summed E-state index contributed by atoms with van der Waals surface area (Å²) in [5.41, 5.74) is 1.78. The number of nitro groups is 1. The van der Waals surface area contributed by atoms with E-state index in [4.69, 9.17) is 4.74 Å². The van der Waals surface area contributed by atoms with Gasteiger partial charge >= 0.3 is 5.69 Å². The van der Waals surface area contributed by atoms with Crippen LogP contribution in [0.5, 0.6) is 5.75 Å². The summed E-state index contributed by atoms with van der Waals surface area (Å²) in [4.78, 5) is 10.8. The Balaban J connectivity index is 1.79. The zero-order valence-electron chi connectivity index (χ0n) is 11.7. The van der Waals surface area contributed by atoms with Crippen molar-refractivity contribution >= 4 is 11.4 Å². The average molecular weight is 284 g/mol. The van der Waals surface area contributed by atoms with E-state index >= 15 is 0 Å². The number of rotatable bonds is 5. The molecule has 0 amide bonds. The molecule has 2 aromatic carbocycles. The molecule has 0 heterocycles. The summed E-state index contributed by atoms with van der Waals surface area (Å²) in [6, 6.07) is 15.5. The first-order valence-corrected chi connectivity index (χ1v) is 6.83. The van der Waals surface area contributed by atoms with Crippen LogP contribution in [0.1, 0.15) is 17.9 Å². The maximum absolute atomic E-state index is 11.2. The summed E-state index contributed by atoms with van der Waals surface area (Å²) in [5, 5.41) is 14.5. The van der Waals surface area contributed by atoms with Crippen molar-refractivity contribution in [1.29, 1.82) is 0 Å². The lowest BCUT2D eigenvalue weighted by molar-refractivity contribution is -0.384. The van der Waals surface area contributed by atoms with Gasteiger partial charge in [-0.25, -0.2) is 0 Å². The normalized spacial score (nSPS) is 19.9. The molecule has 2 unspecified atom stereocenters. The van der Waals surface area contributed by atoms with Gasteiger partial charge in [-0.15, -0.1) is 0 Å². The molecule has 3 rings (SSSR count). The lowest BCUT2D eigenvalue weighted by atomic mass is 10.1. The fourth-order valence-corrected chi connectivity index (χ4v) is 2.61. The molecule has 0 saturated heterocycles. The highest BCUT2D eigenvalue weighted by molar-refractivity contribution is 5.69. The third-order valence-electron chi connectivity index (χ3n) is 3.76. The van der Waals surface area contributed by atoms with Crippen molar-refractivity contribution in [2.45, 2.75) is 18.4 Å². The maximum atomic E-state index is 11.2. The van der Waals surface area contributed by atoms with E-state index in [1.807, 2.05) is 18.2 Å². The molecule has 2 aromatic rings. The molecule has 0 bridgehead atoms. The summed E-state index contributed by atoms with van der Waals surface area (Å²) in [7, 11) is 1.44. The minimum atomic E-state index is -0.402. The molecule has 0 spiro atoms. The van der Waals surface area contributed by atoms with Crippen molar-refractivity contribution in [1.82, 2.24) is 0 Å². The third-order valence-corrected chi connectivity index (χ3v) is 3.76. The van der Waals surface area contributed by atoms with Gasteiger partial charge in [0.15, 0.2) is 5.75 Å². The second-order valence-electron chi connectivity index (χ2n) is 5.12. The van der Waals surface area contributed by atoms with Crippen molar-refractivity contribution in [3.8, 4) is 5.75 Å². The highest BCUT2D eigenvalue weighted by Gasteiger charge is 2.39. The van der Waals surface area contributed by atoms with Crippen molar-refractivity contribution in [2.75, 3.05) is 12.4 Å². The van der Waals surface area contributed by atoms with Gasteiger partial charge in [-0.05, 0) is 24.1 Å². The molecule has 0 aromatic heterocycles. The minimum absolute atomic E-state index is 0.00119. The molecule has 0 radical (unpaired) electrons. The second-order valence-corrected chi connectivity index (χ2v) is 5.12. The summed E-state index contributed by atoms with van der Waals surface area (Å²) in [6.45, 7) is 0. The second kappa shape index (κ2) is 5.44. The molecule has 1 aliphatic rings. The number of anilines is 1. The van der Waals surface area contributed by atoms with E-state index in [1.165, 1.54) is 12.7 Å². The van der Waals surface area contributed by atoms with Crippen LogP contribution in [0.2, 0.25) is 0 Å². The average Bonchev–Trinajstić information content (AvgIpc) is 3.26. The van der Waals surface area contributed by atoms with Crippen LogP contribution in [0, 0.1) is 10.1 Å². The predicted octanol–water partition coefficient (Wildman–Crippen LogP) is 3.57. The molecular weight excluding hydrogens is 268 g/mol. The first-order chi connectivity index (χ1) is 10.2. The molecule has 1 fully saturated rings. The number of hydrogen-bond donors (Lipinski definition) is 1. The summed E-state index contributed by atoms with van der Waals surface area (Å²) in [5.74, 6) is 0.693. The topological polar surface area (TPSA) is 64.4 Å². The SMILES string of the molecule is COc1cccc(NC2CC2c2ccccc2)c1[N+](=O)[O-]. The zero-order chi connectivity index (χ0) is 14.8. The van der Waals surface area contributed by atoms with E-state index in [-0.39, 0.29) is 17.5 Å². The van der Waals surface area contributed by atoms with Crippen LogP contribution in [0.4, 0.5) is 11.4 Å². The number of nitrogens with one attached hydrogen (secondary N) is 1. The number of hydrogen-bond acceptors (Lipinski definition) is 4. The van der Waals surface area contributed by atoms with E-state index in [0.717, 1.165) is 6.42 Å². The monoisotopic (exact) mass is 284 g/mol. The first-order valence-electron chi connectivity index (χ1n) is 6.83. The number of benzene rings is 2. The van der Waals surface area contributed by atoms with Gasteiger partial charge in [0.2, 0.25) is 0 Å². The zero-order valence-corrected chi connectivity index (χ0v) is 11.7. The summed E-state index contributed by atoms with van der Waals surface area (Å²) >= 11 is 0. The summed E-state index contributed by atoms with van der Waals surface area (Å²) in [6.07, 6.45) is 0.985. The number of nitrogens with zero attached hydrogens (tertiary/aromatic N) is 1. The van der Waals surface area contributed by atoms with Gasteiger partial charge in [0.1, 0.15) is 5.69 Å². The Morgan fingerprint density at radius 1 is 1.19 bits per heavy atom. The van der Waals surface area contributed by atoms with Crippen LogP contribution < -0.4 is 10.1 Å². The van der Waals surface area contributed by atoms with Crippen LogP contribution in [-0.4, -0.2) is 18.1 Å². The van der Waals surface area contributed by atoms with Crippen molar-refractivity contribution < 1.29 is 9.66 Å². The number of methoxy groups -OCH3 is 1. The van der Waals surface area contributed by atoms with E-state index in [1.54, 1.807) is 18.2 Å². The van der Waals surface area contributed by atoms with Gasteiger partial charge in [0.25, 0.3) is 0 Å². The van der Waals surface area contributed by atoms with Gasteiger partial charge in [0, 0.05) is 12.0 Å². The Morgan fingerprint density at radius 2 is 1.95 bits per heavy atom. The Kier molecular flexibility index (Phi) is 3.48. The Bertz CT molecular complexity index is 658. The van der Waals surface area contributed by atoms with E-state index in [9.17, 15) is 10.1 Å². The van der Waals surface area contributed by atoms with Gasteiger partial charge in [0.05, 0.1) is 12.0 Å². The molecule has 1 saturated carbocycles. The number of nitro benzene ring substituents is 1. The fourth-order valence-electron chi connectivity index (χ4n) is 2.61. The Hall–Kier alpha value is -2.56. The van der Waals surface area contributed by atoms with Crippen LogP contribution in [0.3, 0.4) is 0 Å². The lowest BCUT2D eigenvalue weighted by Crippen LogP contribution is -2.07. The first kappa shape index (κ1) is 13.4. The Labute approximate surface area is 122 Å². The molecule has 1 aliphatic carbocycles. The molecule has 2 atom stereocenters. The lowest BCUT2D eigenvalue weighted by Gasteiger charge is -2.09. The quantitative estimate of drug-likeness (QED) is 0.673. The highest BCUT2D eigenvalue weighted by Crippen LogP contribution is 2.45. The van der Waals surface area contributed by atoms with Crippen LogP contribution >= 0.6 is 0 Å². The molecule has 21 heavy (non-hydrogen) atoms. The number of para-hydroxylation sites is 1. The highest BCUT2D eigenvalue weighted by atomic mass is 16.6. The smallest absolute Gasteiger partial charge is 0.333 e. The molecule has 5 heteroatoms. The molecule has 5 nitrogen and oxygen atoms in total. The molecule has 0 aliphatic heterocycles. The molecule has 1 N–H and O–H groups in total. The van der Waals surface area contributed by atoms with Crippen molar-refractivity contribution in [2.24, 2.45) is 0 Å². The fraction of sp³-hybridized carbons (Fsp3) is 0.250. The standard InChI is InChI=1S/C16H16N2O3/c1-21-15-9-5-8-13(16(15)18(19)20)17-14-10-12(14)11-6-3-2-4-7-11/h2-9,12,14,17H,10H2,1H3. The largest absolute Gasteiger partial charge is 0.490 e. The van der Waals surface area contributed by atoms with E-state index < -0.39 is 4.92 Å². The predicted molar refractivity (Wildman–Crippen MR) is 80.9 cm³/mol. The van der Waals surface area contributed by atoms with Gasteiger partial charge in [-0.3, -0.25) is 10.1 Å². The van der Waals surface area contributed by atoms with Crippen molar-refractivity contribution in [3.05, 3.63) is 64.2 Å². The van der Waals surface area contributed by atoms with Gasteiger partial charge in [-0.1, -0.05) is 36.4 Å². The molecular formula is C16H16N2O3.